The van der Waals surface area contributed by atoms with Gasteiger partial charge in [0, 0.05) is 40.7 Å². The number of hydrogen-bond acceptors (Lipinski definition) is 4. The van der Waals surface area contributed by atoms with Gasteiger partial charge in [0.1, 0.15) is 0 Å². The molecule has 0 aliphatic rings. The van der Waals surface area contributed by atoms with Gasteiger partial charge in [0.25, 0.3) is 0 Å². The minimum atomic E-state index is 0.188. The van der Waals surface area contributed by atoms with E-state index in [1.165, 1.54) is 21.1 Å². The molecule has 4 heteroatoms. The lowest BCUT2D eigenvalue weighted by atomic mass is 10.1. The van der Waals surface area contributed by atoms with Gasteiger partial charge in [0.2, 0.25) is 0 Å². The molecular formula is C15H28N2S2. The van der Waals surface area contributed by atoms with Crippen molar-refractivity contribution in [1.29, 1.82) is 0 Å². The summed E-state index contributed by atoms with van der Waals surface area (Å²) in [7, 11) is 2.21. The highest BCUT2D eigenvalue weighted by molar-refractivity contribution is 7.98. The lowest BCUT2D eigenvalue weighted by Gasteiger charge is -2.19. The van der Waals surface area contributed by atoms with Crippen LogP contribution >= 0.6 is 23.1 Å². The number of aryl methyl sites for hydroxylation is 1. The molecule has 0 amide bonds. The molecule has 0 bridgehead atoms. The van der Waals surface area contributed by atoms with Gasteiger partial charge in [0.05, 0.1) is 0 Å². The van der Waals surface area contributed by atoms with Crippen molar-refractivity contribution < 1.29 is 0 Å². The Morgan fingerprint density at radius 2 is 2.05 bits per heavy atom. The largest absolute Gasteiger partial charge is 0.307 e. The third-order valence-corrected chi connectivity index (χ3v) is 4.67. The summed E-state index contributed by atoms with van der Waals surface area (Å²) in [5.41, 5.74) is 1.67. The molecule has 0 fully saturated rings. The third kappa shape index (κ3) is 6.80. The van der Waals surface area contributed by atoms with Crippen molar-refractivity contribution in [3.63, 3.8) is 0 Å². The first-order chi connectivity index (χ1) is 8.81. The van der Waals surface area contributed by atoms with E-state index in [1.807, 2.05) is 23.1 Å². The summed E-state index contributed by atoms with van der Waals surface area (Å²) in [5.74, 6) is 1.21. The van der Waals surface area contributed by atoms with E-state index in [2.05, 4.69) is 57.3 Å². The highest BCUT2D eigenvalue weighted by atomic mass is 32.2. The Morgan fingerprint density at radius 3 is 2.63 bits per heavy atom. The minimum absolute atomic E-state index is 0.188. The van der Waals surface area contributed by atoms with Crippen molar-refractivity contribution in [1.82, 2.24) is 10.2 Å². The predicted octanol–water partition coefficient (Wildman–Crippen LogP) is 3.74. The summed E-state index contributed by atoms with van der Waals surface area (Å²) in [6, 6.07) is 2.37. The number of hydrogen-bond donors (Lipinski definition) is 1. The van der Waals surface area contributed by atoms with Crippen LogP contribution in [0, 0.1) is 6.92 Å². The third-order valence-electron chi connectivity index (χ3n) is 2.98. The molecule has 1 N–H and O–H groups in total. The predicted molar refractivity (Wildman–Crippen MR) is 90.4 cm³/mol. The Bertz CT molecular complexity index is 380. The SMILES string of the molecule is CSCCN(C)Cc1cc(CNC(C)(C)C)sc1C. The summed E-state index contributed by atoms with van der Waals surface area (Å²) in [4.78, 5) is 5.31. The van der Waals surface area contributed by atoms with Crippen LogP contribution < -0.4 is 5.32 Å². The second kappa shape index (κ2) is 7.67. The Kier molecular flexibility index (Phi) is 6.87. The Balaban J connectivity index is 2.54. The van der Waals surface area contributed by atoms with Crippen LogP contribution in [-0.4, -0.2) is 36.0 Å². The van der Waals surface area contributed by atoms with Crippen LogP contribution in [0.25, 0.3) is 0 Å². The van der Waals surface area contributed by atoms with Gasteiger partial charge in [-0.05, 0) is 52.6 Å². The smallest absolute Gasteiger partial charge is 0.0304 e. The minimum Gasteiger partial charge on any atom is -0.307 e. The molecule has 1 aromatic heterocycles. The van der Waals surface area contributed by atoms with Crippen LogP contribution in [-0.2, 0) is 13.1 Å². The zero-order valence-electron chi connectivity index (χ0n) is 13.2. The highest BCUT2D eigenvalue weighted by Crippen LogP contribution is 2.23. The molecule has 0 aliphatic heterocycles. The van der Waals surface area contributed by atoms with Crippen molar-refractivity contribution in [2.24, 2.45) is 0 Å². The van der Waals surface area contributed by atoms with E-state index in [1.54, 1.807) is 0 Å². The van der Waals surface area contributed by atoms with Crippen LogP contribution in [0.1, 0.15) is 36.1 Å². The number of nitrogens with one attached hydrogen (secondary N) is 1. The van der Waals surface area contributed by atoms with Crippen molar-refractivity contribution in [2.45, 2.75) is 46.3 Å². The van der Waals surface area contributed by atoms with Crippen molar-refractivity contribution in [2.75, 3.05) is 25.6 Å². The second-order valence-corrected chi connectivity index (χ2v) is 8.45. The zero-order chi connectivity index (χ0) is 14.5. The van der Waals surface area contributed by atoms with Gasteiger partial charge in [-0.25, -0.2) is 0 Å². The topological polar surface area (TPSA) is 15.3 Å². The van der Waals surface area contributed by atoms with Gasteiger partial charge >= 0.3 is 0 Å². The molecule has 0 radical (unpaired) electrons. The molecule has 0 spiro atoms. The van der Waals surface area contributed by atoms with Crippen LogP contribution in [0.3, 0.4) is 0 Å². The Labute approximate surface area is 127 Å². The molecule has 0 unspecified atom stereocenters. The molecule has 1 aromatic rings. The lowest BCUT2D eigenvalue weighted by molar-refractivity contribution is 0.348. The van der Waals surface area contributed by atoms with E-state index < -0.39 is 0 Å². The number of thiophene rings is 1. The zero-order valence-corrected chi connectivity index (χ0v) is 14.8. The molecule has 19 heavy (non-hydrogen) atoms. The summed E-state index contributed by atoms with van der Waals surface area (Å²) < 4.78 is 0. The van der Waals surface area contributed by atoms with Crippen LogP contribution in [0.4, 0.5) is 0 Å². The number of thioether (sulfide) groups is 1. The van der Waals surface area contributed by atoms with Crippen molar-refractivity contribution in [3.05, 3.63) is 21.4 Å². The Morgan fingerprint density at radius 1 is 1.37 bits per heavy atom. The molecule has 2 nitrogen and oxygen atoms in total. The van der Waals surface area contributed by atoms with E-state index >= 15 is 0 Å². The summed E-state index contributed by atoms with van der Waals surface area (Å²) in [5, 5.41) is 3.56. The standard InChI is InChI=1S/C15H28N2S2/c1-12-13(11-17(5)7-8-18-6)9-14(19-12)10-16-15(2,3)4/h9,16H,7-8,10-11H2,1-6H3. The van der Waals surface area contributed by atoms with Gasteiger partial charge < -0.3 is 10.2 Å². The van der Waals surface area contributed by atoms with Gasteiger partial charge in [-0.15, -0.1) is 11.3 Å². The first kappa shape index (κ1) is 17.0. The van der Waals surface area contributed by atoms with Crippen LogP contribution in [0.15, 0.2) is 6.07 Å². The summed E-state index contributed by atoms with van der Waals surface area (Å²) in [6.45, 7) is 12.1. The van der Waals surface area contributed by atoms with E-state index in [0.717, 1.165) is 19.6 Å². The quantitative estimate of drug-likeness (QED) is 0.826. The molecule has 0 atom stereocenters. The fourth-order valence-corrected chi connectivity index (χ4v) is 3.29. The summed E-state index contributed by atoms with van der Waals surface area (Å²) in [6.07, 6.45) is 2.17. The average molecular weight is 301 g/mol. The molecule has 1 rings (SSSR count). The maximum atomic E-state index is 3.56. The Hall–Kier alpha value is -0.0300. The number of rotatable bonds is 7. The fraction of sp³-hybridized carbons (Fsp3) is 0.733. The van der Waals surface area contributed by atoms with E-state index in [-0.39, 0.29) is 5.54 Å². The maximum Gasteiger partial charge on any atom is 0.0304 e. The fourth-order valence-electron chi connectivity index (χ4n) is 1.80. The molecular weight excluding hydrogens is 272 g/mol. The van der Waals surface area contributed by atoms with Gasteiger partial charge in [0.15, 0.2) is 0 Å². The van der Waals surface area contributed by atoms with Crippen LogP contribution in [0.2, 0.25) is 0 Å². The molecule has 0 saturated carbocycles. The van der Waals surface area contributed by atoms with E-state index in [4.69, 9.17) is 0 Å². The second-order valence-electron chi connectivity index (χ2n) is 6.13. The normalized spacial score (nSPS) is 12.4. The monoisotopic (exact) mass is 300 g/mol. The first-order valence-electron chi connectivity index (χ1n) is 6.82. The van der Waals surface area contributed by atoms with E-state index in [0.29, 0.717) is 0 Å². The average Bonchev–Trinajstić information content (AvgIpc) is 2.64. The van der Waals surface area contributed by atoms with Crippen molar-refractivity contribution in [3.8, 4) is 0 Å². The van der Waals surface area contributed by atoms with E-state index in [9.17, 15) is 0 Å². The van der Waals surface area contributed by atoms with Crippen molar-refractivity contribution >= 4 is 23.1 Å². The molecule has 0 aromatic carbocycles. The molecule has 0 aliphatic carbocycles. The molecule has 1 heterocycles. The van der Waals surface area contributed by atoms with Gasteiger partial charge in [-0.1, -0.05) is 0 Å². The van der Waals surface area contributed by atoms with Gasteiger partial charge in [-0.2, -0.15) is 11.8 Å². The lowest BCUT2D eigenvalue weighted by Crippen LogP contribution is -2.34. The number of nitrogens with zero attached hydrogens (tertiary/aromatic N) is 1. The van der Waals surface area contributed by atoms with Gasteiger partial charge in [-0.3, -0.25) is 0 Å². The summed E-state index contributed by atoms with van der Waals surface area (Å²) >= 11 is 3.84. The first-order valence-corrected chi connectivity index (χ1v) is 9.03. The maximum absolute atomic E-state index is 3.56. The highest BCUT2D eigenvalue weighted by Gasteiger charge is 2.12. The molecule has 110 valence electrons. The molecule has 0 saturated heterocycles. The van der Waals surface area contributed by atoms with Crippen LogP contribution in [0.5, 0.6) is 0 Å².